The highest BCUT2D eigenvalue weighted by atomic mass is 32.1. The fourth-order valence-electron chi connectivity index (χ4n) is 2.27. The number of thiazole rings is 1. The minimum Gasteiger partial charge on any atom is -0.397 e. The molecule has 2 aromatic heterocycles. The third-order valence-corrected chi connectivity index (χ3v) is 4.43. The molecule has 108 valence electrons. The van der Waals surface area contributed by atoms with E-state index in [0.29, 0.717) is 17.9 Å². The molecule has 1 unspecified atom stereocenters. The van der Waals surface area contributed by atoms with Crippen molar-refractivity contribution in [2.24, 2.45) is 0 Å². The second-order valence-electron chi connectivity index (χ2n) is 4.82. The van der Waals surface area contributed by atoms with E-state index in [2.05, 4.69) is 10.3 Å². The van der Waals surface area contributed by atoms with Gasteiger partial charge in [0.15, 0.2) is 0 Å². The molecule has 0 fully saturated rings. The molecule has 20 heavy (non-hydrogen) atoms. The topological polar surface area (TPSA) is 72.9 Å². The zero-order valence-corrected chi connectivity index (χ0v) is 13.0. The number of hydrogen-bond acceptors (Lipinski definition) is 4. The molecule has 0 aliphatic carbocycles. The fraction of sp³-hybridized carbons (Fsp3) is 0.429. The second-order valence-corrected chi connectivity index (χ2v) is 6.06. The van der Waals surface area contributed by atoms with Crippen molar-refractivity contribution >= 4 is 22.9 Å². The summed E-state index contributed by atoms with van der Waals surface area (Å²) in [4.78, 5) is 17.8. The van der Waals surface area contributed by atoms with Gasteiger partial charge in [0.25, 0.3) is 5.91 Å². The number of rotatable bonds is 4. The van der Waals surface area contributed by atoms with Crippen molar-refractivity contribution in [3.8, 4) is 0 Å². The largest absolute Gasteiger partial charge is 0.397 e. The maximum atomic E-state index is 12.3. The van der Waals surface area contributed by atoms with Crippen LogP contribution in [0.15, 0.2) is 12.3 Å². The Morgan fingerprint density at radius 3 is 2.80 bits per heavy atom. The summed E-state index contributed by atoms with van der Waals surface area (Å²) in [6.45, 7) is 8.61. The van der Waals surface area contributed by atoms with Crippen molar-refractivity contribution in [2.45, 2.75) is 40.3 Å². The van der Waals surface area contributed by atoms with Gasteiger partial charge in [-0.15, -0.1) is 11.3 Å². The zero-order valence-electron chi connectivity index (χ0n) is 12.2. The van der Waals surface area contributed by atoms with Gasteiger partial charge in [0.2, 0.25) is 0 Å². The highest BCUT2D eigenvalue weighted by Crippen LogP contribution is 2.24. The molecule has 2 rings (SSSR count). The van der Waals surface area contributed by atoms with Gasteiger partial charge in [-0.3, -0.25) is 4.79 Å². The highest BCUT2D eigenvalue weighted by molar-refractivity contribution is 7.11. The molecule has 0 aromatic carbocycles. The van der Waals surface area contributed by atoms with Crippen LogP contribution in [0, 0.1) is 13.8 Å². The Morgan fingerprint density at radius 1 is 1.55 bits per heavy atom. The van der Waals surface area contributed by atoms with Gasteiger partial charge in [-0.2, -0.15) is 0 Å². The number of nitrogens with zero attached hydrogens (tertiary/aromatic N) is 2. The maximum Gasteiger partial charge on any atom is 0.268 e. The van der Waals surface area contributed by atoms with Gasteiger partial charge in [0, 0.05) is 17.6 Å². The van der Waals surface area contributed by atoms with Gasteiger partial charge in [-0.05, 0) is 33.8 Å². The van der Waals surface area contributed by atoms with Gasteiger partial charge in [-0.1, -0.05) is 0 Å². The van der Waals surface area contributed by atoms with Crippen LogP contribution in [-0.2, 0) is 6.54 Å². The molecule has 2 heterocycles. The summed E-state index contributed by atoms with van der Waals surface area (Å²) in [7, 11) is 0. The van der Waals surface area contributed by atoms with Crippen LogP contribution in [0.2, 0.25) is 0 Å². The standard InChI is InChI=1S/C14H20N4OS/c1-5-18-7-11(15)6-12(18)14(19)17-9(3)13-8(2)16-10(4)20-13/h6-7,9H,5,15H2,1-4H3,(H,17,19). The number of aromatic nitrogens is 2. The summed E-state index contributed by atoms with van der Waals surface area (Å²) in [5.74, 6) is -0.110. The summed E-state index contributed by atoms with van der Waals surface area (Å²) in [5, 5.41) is 4.02. The van der Waals surface area contributed by atoms with Gasteiger partial charge in [-0.25, -0.2) is 4.98 Å². The minimum atomic E-state index is -0.110. The van der Waals surface area contributed by atoms with Crippen molar-refractivity contribution < 1.29 is 4.79 Å². The molecule has 1 atom stereocenters. The Balaban J connectivity index is 2.17. The first kappa shape index (κ1) is 14.6. The lowest BCUT2D eigenvalue weighted by Crippen LogP contribution is -2.28. The monoisotopic (exact) mass is 292 g/mol. The molecule has 1 amide bonds. The molecular weight excluding hydrogens is 272 g/mol. The first-order valence-electron chi connectivity index (χ1n) is 6.62. The van der Waals surface area contributed by atoms with Gasteiger partial charge >= 0.3 is 0 Å². The summed E-state index contributed by atoms with van der Waals surface area (Å²) < 4.78 is 1.85. The van der Waals surface area contributed by atoms with Crippen LogP contribution in [0.4, 0.5) is 5.69 Å². The van der Waals surface area contributed by atoms with Crippen LogP contribution < -0.4 is 11.1 Å². The lowest BCUT2D eigenvalue weighted by Gasteiger charge is -2.13. The number of nitrogen functional groups attached to an aromatic ring is 1. The van der Waals surface area contributed by atoms with Crippen LogP contribution >= 0.6 is 11.3 Å². The molecule has 6 heteroatoms. The predicted molar refractivity (Wildman–Crippen MR) is 82.0 cm³/mol. The van der Waals surface area contributed by atoms with Crippen LogP contribution in [-0.4, -0.2) is 15.5 Å². The van der Waals surface area contributed by atoms with Gasteiger partial charge < -0.3 is 15.6 Å². The van der Waals surface area contributed by atoms with E-state index in [1.165, 1.54) is 0 Å². The van der Waals surface area contributed by atoms with E-state index < -0.39 is 0 Å². The molecule has 2 aromatic rings. The summed E-state index contributed by atoms with van der Waals surface area (Å²) >= 11 is 1.62. The van der Waals surface area contributed by atoms with E-state index in [1.54, 1.807) is 23.6 Å². The Kier molecular flexibility index (Phi) is 4.13. The molecule has 0 bridgehead atoms. The summed E-state index contributed by atoms with van der Waals surface area (Å²) in [6.07, 6.45) is 1.78. The van der Waals surface area contributed by atoms with Crippen LogP contribution in [0.3, 0.4) is 0 Å². The Bertz CT molecular complexity index is 629. The van der Waals surface area contributed by atoms with E-state index in [1.807, 2.05) is 32.3 Å². The first-order chi connectivity index (χ1) is 9.42. The highest BCUT2D eigenvalue weighted by Gasteiger charge is 2.18. The predicted octanol–water partition coefficient (Wildman–Crippen LogP) is 2.65. The average Bonchev–Trinajstić information content (AvgIpc) is 2.91. The summed E-state index contributed by atoms with van der Waals surface area (Å²) in [5.41, 5.74) is 7.93. The maximum absolute atomic E-state index is 12.3. The van der Waals surface area contributed by atoms with E-state index in [-0.39, 0.29) is 11.9 Å². The fourth-order valence-corrected chi connectivity index (χ4v) is 3.20. The first-order valence-corrected chi connectivity index (χ1v) is 7.44. The SMILES string of the molecule is CCn1cc(N)cc1C(=O)NC(C)c1sc(C)nc1C. The normalized spacial score (nSPS) is 12.4. The molecular formula is C14H20N4OS. The molecule has 0 aliphatic rings. The van der Waals surface area contributed by atoms with Crippen molar-refractivity contribution in [1.82, 2.24) is 14.9 Å². The average molecular weight is 292 g/mol. The van der Waals surface area contributed by atoms with Crippen LogP contribution in [0.5, 0.6) is 0 Å². The van der Waals surface area contributed by atoms with Gasteiger partial charge in [0.05, 0.1) is 22.4 Å². The minimum absolute atomic E-state index is 0.0601. The molecule has 3 N–H and O–H groups in total. The molecule has 0 spiro atoms. The van der Waals surface area contributed by atoms with E-state index in [9.17, 15) is 4.79 Å². The van der Waals surface area contributed by atoms with E-state index >= 15 is 0 Å². The number of amides is 1. The number of carbonyl (C=O) groups is 1. The lowest BCUT2D eigenvalue weighted by molar-refractivity contribution is 0.0931. The molecule has 5 nitrogen and oxygen atoms in total. The Labute approximate surface area is 122 Å². The second kappa shape index (κ2) is 5.66. The number of nitrogens with one attached hydrogen (secondary N) is 1. The quantitative estimate of drug-likeness (QED) is 0.910. The smallest absolute Gasteiger partial charge is 0.268 e. The number of aryl methyl sites for hydroxylation is 3. The number of anilines is 1. The third kappa shape index (κ3) is 2.85. The van der Waals surface area contributed by atoms with Crippen molar-refractivity contribution in [2.75, 3.05) is 5.73 Å². The molecule has 0 saturated carbocycles. The molecule has 0 aliphatic heterocycles. The number of hydrogen-bond donors (Lipinski definition) is 2. The van der Waals surface area contributed by atoms with Crippen LogP contribution in [0.25, 0.3) is 0 Å². The Hall–Kier alpha value is -1.82. The Morgan fingerprint density at radius 2 is 2.25 bits per heavy atom. The van der Waals surface area contributed by atoms with Crippen molar-refractivity contribution in [3.63, 3.8) is 0 Å². The molecule has 0 radical (unpaired) electrons. The third-order valence-electron chi connectivity index (χ3n) is 3.17. The van der Waals surface area contributed by atoms with Gasteiger partial charge in [0.1, 0.15) is 5.69 Å². The number of carbonyl (C=O) groups excluding carboxylic acids is 1. The van der Waals surface area contributed by atoms with E-state index in [4.69, 9.17) is 5.73 Å². The number of nitrogens with two attached hydrogens (primary N) is 1. The lowest BCUT2D eigenvalue weighted by atomic mass is 10.2. The van der Waals surface area contributed by atoms with E-state index in [0.717, 1.165) is 15.6 Å². The van der Waals surface area contributed by atoms with Crippen molar-refractivity contribution in [3.05, 3.63) is 33.5 Å². The zero-order chi connectivity index (χ0) is 14.9. The molecule has 0 saturated heterocycles. The van der Waals surface area contributed by atoms with Crippen LogP contribution in [0.1, 0.15) is 46.0 Å². The summed E-state index contributed by atoms with van der Waals surface area (Å²) in [6, 6.07) is 1.64. The van der Waals surface area contributed by atoms with Crippen molar-refractivity contribution in [1.29, 1.82) is 0 Å².